The smallest absolute Gasteiger partial charge is 0.326 e. The lowest BCUT2D eigenvalue weighted by Crippen LogP contribution is -2.41. The molecule has 3 aromatic heterocycles. The van der Waals surface area contributed by atoms with Crippen molar-refractivity contribution in [2.24, 2.45) is 0 Å². The number of para-hydroxylation sites is 2. The number of carbonyl (C=O) groups excluding carboxylic acids is 1. The maximum absolute atomic E-state index is 13.8. The minimum Gasteiger partial charge on any atom is -0.338 e. The Kier molecular flexibility index (Phi) is 4.79. The Balaban J connectivity index is 1.28. The number of aromatic amines is 1. The number of carbonyl (C=O) groups is 1. The van der Waals surface area contributed by atoms with Gasteiger partial charge in [0.2, 0.25) is 0 Å². The van der Waals surface area contributed by atoms with Gasteiger partial charge in [-0.2, -0.15) is 0 Å². The lowest BCUT2D eigenvalue weighted by atomic mass is 9.94. The molecule has 0 bridgehead atoms. The summed E-state index contributed by atoms with van der Waals surface area (Å²) in [6.45, 7) is 1.34. The quantitative estimate of drug-likeness (QED) is 0.502. The van der Waals surface area contributed by atoms with Crippen molar-refractivity contribution in [1.29, 1.82) is 0 Å². The lowest BCUT2D eigenvalue weighted by Gasteiger charge is -2.33. The molecular formula is C25H26N4O2S. The number of benzene rings is 1. The standard InChI is InChI=1S/C25H26N4O2S/c30-23(22-18-7-1-4-10-21(18)32-24(22)28-13-5-6-14-28)27-15-11-17(12-16-27)29-20-9-3-2-8-19(20)26-25(29)31/h2-3,5-6,8-9,13-14,17H,1,4,7,10-12,15-16H2,(H,26,31). The van der Waals surface area contributed by atoms with E-state index in [-0.39, 0.29) is 17.6 Å². The number of imidazole rings is 1. The van der Waals surface area contributed by atoms with Crippen LogP contribution in [0.5, 0.6) is 0 Å². The summed E-state index contributed by atoms with van der Waals surface area (Å²) in [5.41, 5.74) is 3.94. The molecule has 164 valence electrons. The van der Waals surface area contributed by atoms with Gasteiger partial charge in [0.25, 0.3) is 5.91 Å². The van der Waals surface area contributed by atoms with Crippen LogP contribution in [0, 0.1) is 0 Å². The maximum atomic E-state index is 13.8. The molecule has 0 spiro atoms. The molecule has 0 unspecified atom stereocenters. The zero-order valence-corrected chi connectivity index (χ0v) is 18.7. The fraction of sp³-hybridized carbons (Fsp3) is 0.360. The molecule has 1 amide bonds. The summed E-state index contributed by atoms with van der Waals surface area (Å²) in [7, 11) is 0. The first kappa shape index (κ1) is 19.6. The summed E-state index contributed by atoms with van der Waals surface area (Å²) in [6.07, 6.45) is 10.1. The van der Waals surface area contributed by atoms with E-state index in [1.54, 1.807) is 11.3 Å². The minimum atomic E-state index is -0.0576. The number of aryl methyl sites for hydroxylation is 1. The summed E-state index contributed by atoms with van der Waals surface area (Å²) < 4.78 is 3.98. The molecule has 32 heavy (non-hydrogen) atoms. The number of fused-ring (bicyclic) bond motifs is 2. The van der Waals surface area contributed by atoms with Gasteiger partial charge >= 0.3 is 5.69 Å². The third kappa shape index (κ3) is 3.14. The Morgan fingerprint density at radius 1 is 1.00 bits per heavy atom. The fourth-order valence-electron chi connectivity index (χ4n) is 5.35. The van der Waals surface area contributed by atoms with E-state index in [2.05, 4.69) is 9.55 Å². The number of aromatic nitrogens is 3. The second-order valence-electron chi connectivity index (χ2n) is 8.82. The van der Waals surface area contributed by atoms with Crippen molar-refractivity contribution in [3.63, 3.8) is 0 Å². The number of thiophene rings is 1. The average molecular weight is 447 g/mol. The number of hydrogen-bond acceptors (Lipinski definition) is 3. The molecule has 4 heterocycles. The predicted octanol–water partition coefficient (Wildman–Crippen LogP) is 4.54. The molecule has 1 aliphatic carbocycles. The van der Waals surface area contributed by atoms with E-state index in [1.807, 2.05) is 58.3 Å². The molecule has 1 aliphatic heterocycles. The predicted molar refractivity (Wildman–Crippen MR) is 127 cm³/mol. The molecule has 2 aliphatic rings. The number of hydrogen-bond donors (Lipinski definition) is 1. The second kappa shape index (κ2) is 7.81. The third-order valence-electron chi connectivity index (χ3n) is 6.95. The molecule has 0 radical (unpaired) electrons. The van der Waals surface area contributed by atoms with Gasteiger partial charge in [0.05, 0.1) is 16.6 Å². The van der Waals surface area contributed by atoms with Gasteiger partial charge in [0.1, 0.15) is 5.00 Å². The lowest BCUT2D eigenvalue weighted by molar-refractivity contribution is 0.0694. The van der Waals surface area contributed by atoms with Crippen LogP contribution in [0.2, 0.25) is 0 Å². The van der Waals surface area contributed by atoms with Crippen LogP contribution in [0.4, 0.5) is 0 Å². The highest BCUT2D eigenvalue weighted by Gasteiger charge is 2.32. The Labute approximate surface area is 190 Å². The van der Waals surface area contributed by atoms with Crippen LogP contribution in [-0.2, 0) is 12.8 Å². The number of nitrogens with one attached hydrogen (secondary N) is 1. The number of amides is 1. The van der Waals surface area contributed by atoms with Crippen molar-refractivity contribution < 1.29 is 4.79 Å². The zero-order valence-electron chi connectivity index (χ0n) is 17.9. The van der Waals surface area contributed by atoms with Crippen LogP contribution in [0.15, 0.2) is 53.6 Å². The molecule has 0 atom stereocenters. The maximum Gasteiger partial charge on any atom is 0.326 e. The summed E-state index contributed by atoms with van der Waals surface area (Å²) in [5, 5.41) is 1.06. The van der Waals surface area contributed by atoms with Crippen molar-refractivity contribution >= 4 is 28.3 Å². The number of nitrogens with zero attached hydrogens (tertiary/aromatic N) is 3. The number of piperidine rings is 1. The highest BCUT2D eigenvalue weighted by Crippen LogP contribution is 2.38. The molecule has 6 rings (SSSR count). The second-order valence-corrected chi connectivity index (χ2v) is 9.91. The van der Waals surface area contributed by atoms with E-state index < -0.39 is 0 Å². The summed E-state index contributed by atoms with van der Waals surface area (Å²) >= 11 is 1.78. The van der Waals surface area contributed by atoms with Crippen molar-refractivity contribution in [3.05, 3.63) is 75.3 Å². The molecule has 1 saturated heterocycles. The number of H-pyrrole nitrogens is 1. The van der Waals surface area contributed by atoms with E-state index in [9.17, 15) is 9.59 Å². The topological polar surface area (TPSA) is 63.0 Å². The summed E-state index contributed by atoms with van der Waals surface area (Å²) in [6, 6.07) is 12.0. The first-order valence-corrected chi connectivity index (χ1v) is 12.3. The Morgan fingerprint density at radius 3 is 2.56 bits per heavy atom. The first-order chi connectivity index (χ1) is 15.7. The van der Waals surface area contributed by atoms with Gasteiger partial charge in [-0.05, 0) is 68.4 Å². The number of likely N-dealkylation sites (tertiary alicyclic amines) is 1. The zero-order chi connectivity index (χ0) is 21.7. The van der Waals surface area contributed by atoms with Crippen molar-refractivity contribution in [2.75, 3.05) is 13.1 Å². The van der Waals surface area contributed by atoms with Crippen molar-refractivity contribution in [1.82, 2.24) is 19.0 Å². The van der Waals surface area contributed by atoms with Crippen LogP contribution in [0.3, 0.4) is 0 Å². The Morgan fingerprint density at radius 2 is 1.75 bits per heavy atom. The van der Waals surface area contributed by atoms with Crippen LogP contribution >= 0.6 is 11.3 Å². The van der Waals surface area contributed by atoms with Gasteiger partial charge in [0.15, 0.2) is 0 Å². The largest absolute Gasteiger partial charge is 0.338 e. The van der Waals surface area contributed by atoms with Crippen LogP contribution in [0.25, 0.3) is 16.0 Å². The molecular weight excluding hydrogens is 420 g/mol. The molecule has 4 aromatic rings. The van der Waals surface area contributed by atoms with Gasteiger partial charge in [0, 0.05) is 36.4 Å². The molecule has 1 fully saturated rings. The van der Waals surface area contributed by atoms with E-state index in [0.717, 1.165) is 53.7 Å². The van der Waals surface area contributed by atoms with Crippen molar-refractivity contribution in [3.8, 4) is 5.00 Å². The summed E-state index contributed by atoms with van der Waals surface area (Å²) in [4.78, 5) is 32.7. The van der Waals surface area contributed by atoms with Gasteiger partial charge in [-0.15, -0.1) is 11.3 Å². The molecule has 6 nitrogen and oxygen atoms in total. The van der Waals surface area contributed by atoms with E-state index in [0.29, 0.717) is 13.1 Å². The van der Waals surface area contributed by atoms with Gasteiger partial charge in [-0.3, -0.25) is 9.36 Å². The highest BCUT2D eigenvalue weighted by molar-refractivity contribution is 7.15. The minimum absolute atomic E-state index is 0.0576. The number of rotatable bonds is 3. The molecule has 0 saturated carbocycles. The van der Waals surface area contributed by atoms with Crippen molar-refractivity contribution in [2.45, 2.75) is 44.6 Å². The Hall–Kier alpha value is -3.06. The third-order valence-corrected chi connectivity index (χ3v) is 8.25. The first-order valence-electron chi connectivity index (χ1n) is 11.5. The normalized spacial score (nSPS) is 17.1. The SMILES string of the molecule is O=C(c1c(-n2cccc2)sc2c1CCCC2)N1CCC(n2c(=O)[nH]c3ccccc32)CC1. The van der Waals surface area contributed by atoms with Crippen LogP contribution < -0.4 is 5.69 Å². The van der Waals surface area contributed by atoms with E-state index in [1.165, 1.54) is 16.9 Å². The van der Waals surface area contributed by atoms with Gasteiger partial charge in [-0.1, -0.05) is 12.1 Å². The van der Waals surface area contributed by atoms with Crippen LogP contribution in [-0.4, -0.2) is 38.0 Å². The molecule has 1 aromatic carbocycles. The van der Waals surface area contributed by atoms with Gasteiger partial charge < -0.3 is 14.5 Å². The highest BCUT2D eigenvalue weighted by atomic mass is 32.1. The molecule has 1 N–H and O–H groups in total. The van der Waals surface area contributed by atoms with Crippen LogP contribution in [0.1, 0.15) is 52.5 Å². The monoisotopic (exact) mass is 446 g/mol. The Bertz CT molecular complexity index is 1340. The molecule has 7 heteroatoms. The average Bonchev–Trinajstić information content (AvgIpc) is 3.55. The van der Waals surface area contributed by atoms with Gasteiger partial charge in [-0.25, -0.2) is 4.79 Å². The summed E-state index contributed by atoms with van der Waals surface area (Å²) in [5.74, 6) is 0.151. The fourth-order valence-corrected chi connectivity index (χ4v) is 6.69. The van der Waals surface area contributed by atoms with E-state index >= 15 is 0 Å². The van der Waals surface area contributed by atoms with E-state index in [4.69, 9.17) is 0 Å².